The standard InChI is InChI=1S/C16H18N2O3/c1-21-16(20)14-15(11-6-3-2-4-7-11)18(10-17-14)12-8-5-9-13(12)19/h2-4,6-7,10,12-13,19H,5,8-9H2,1H3/t12?,13-/m0/s1. The largest absolute Gasteiger partial charge is 0.464 e. The topological polar surface area (TPSA) is 64.3 Å². The fraction of sp³-hybridized carbons (Fsp3) is 0.375. The van der Waals surface area contributed by atoms with E-state index in [9.17, 15) is 9.90 Å². The van der Waals surface area contributed by atoms with Gasteiger partial charge < -0.3 is 14.4 Å². The third-order valence-electron chi connectivity index (χ3n) is 4.02. The Kier molecular flexibility index (Phi) is 3.75. The molecule has 5 heteroatoms. The summed E-state index contributed by atoms with van der Waals surface area (Å²) in [6.07, 6.45) is 3.88. The van der Waals surface area contributed by atoms with Gasteiger partial charge in [0.15, 0.2) is 5.69 Å². The molecule has 1 saturated carbocycles. The van der Waals surface area contributed by atoms with Crippen molar-refractivity contribution < 1.29 is 14.6 Å². The van der Waals surface area contributed by atoms with Gasteiger partial charge in [-0.2, -0.15) is 0 Å². The molecule has 0 bridgehead atoms. The van der Waals surface area contributed by atoms with Crippen LogP contribution in [0.15, 0.2) is 36.7 Å². The maximum Gasteiger partial charge on any atom is 0.358 e. The van der Waals surface area contributed by atoms with Crippen LogP contribution in [-0.2, 0) is 4.74 Å². The van der Waals surface area contributed by atoms with Gasteiger partial charge in [0.25, 0.3) is 0 Å². The second-order valence-electron chi connectivity index (χ2n) is 5.27. The Balaban J connectivity index is 2.13. The van der Waals surface area contributed by atoms with Crippen LogP contribution in [0, 0.1) is 0 Å². The molecule has 0 amide bonds. The van der Waals surface area contributed by atoms with Crippen molar-refractivity contribution in [3.05, 3.63) is 42.4 Å². The van der Waals surface area contributed by atoms with Crippen molar-refractivity contribution in [2.45, 2.75) is 31.4 Å². The minimum Gasteiger partial charge on any atom is -0.464 e. The van der Waals surface area contributed by atoms with Gasteiger partial charge in [0.05, 0.1) is 31.3 Å². The van der Waals surface area contributed by atoms with Crippen LogP contribution in [-0.4, -0.2) is 33.8 Å². The zero-order valence-corrected chi connectivity index (χ0v) is 11.9. The predicted octanol–water partition coefficient (Wildman–Crippen LogP) is 2.42. The Hall–Kier alpha value is -2.14. The van der Waals surface area contributed by atoms with Crippen LogP contribution in [0.1, 0.15) is 35.8 Å². The molecule has 0 spiro atoms. The smallest absolute Gasteiger partial charge is 0.358 e. The Morgan fingerprint density at radius 2 is 2.10 bits per heavy atom. The van der Waals surface area contributed by atoms with E-state index >= 15 is 0 Å². The van der Waals surface area contributed by atoms with Crippen LogP contribution in [0.2, 0.25) is 0 Å². The molecule has 0 radical (unpaired) electrons. The first-order valence-corrected chi connectivity index (χ1v) is 7.11. The lowest BCUT2D eigenvalue weighted by molar-refractivity contribution is 0.0595. The maximum atomic E-state index is 12.0. The minimum atomic E-state index is -0.458. The van der Waals surface area contributed by atoms with Gasteiger partial charge in [-0.3, -0.25) is 0 Å². The molecule has 1 fully saturated rings. The Morgan fingerprint density at radius 1 is 1.33 bits per heavy atom. The van der Waals surface area contributed by atoms with Crippen LogP contribution < -0.4 is 0 Å². The fourth-order valence-corrected chi connectivity index (χ4v) is 2.99. The number of carbonyl (C=O) groups is 1. The summed E-state index contributed by atoms with van der Waals surface area (Å²) in [5.41, 5.74) is 1.91. The van der Waals surface area contributed by atoms with E-state index < -0.39 is 12.1 Å². The van der Waals surface area contributed by atoms with Crippen molar-refractivity contribution >= 4 is 5.97 Å². The van der Waals surface area contributed by atoms with E-state index in [1.165, 1.54) is 7.11 Å². The van der Waals surface area contributed by atoms with Gasteiger partial charge in [-0.15, -0.1) is 0 Å². The molecule has 2 aromatic rings. The van der Waals surface area contributed by atoms with Crippen molar-refractivity contribution in [2.24, 2.45) is 0 Å². The monoisotopic (exact) mass is 286 g/mol. The van der Waals surface area contributed by atoms with E-state index in [4.69, 9.17) is 4.74 Å². The summed E-state index contributed by atoms with van der Waals surface area (Å²) in [6.45, 7) is 0. The summed E-state index contributed by atoms with van der Waals surface area (Å²) in [6, 6.07) is 9.58. The van der Waals surface area contributed by atoms with Crippen molar-refractivity contribution in [1.82, 2.24) is 9.55 Å². The predicted molar refractivity (Wildman–Crippen MR) is 77.9 cm³/mol. The number of aromatic nitrogens is 2. The molecule has 5 nitrogen and oxygen atoms in total. The third-order valence-corrected chi connectivity index (χ3v) is 4.02. The second kappa shape index (κ2) is 5.69. The van der Waals surface area contributed by atoms with Crippen LogP contribution >= 0.6 is 0 Å². The first-order chi connectivity index (χ1) is 10.2. The quantitative estimate of drug-likeness (QED) is 0.880. The molecule has 1 aliphatic carbocycles. The molecule has 110 valence electrons. The van der Waals surface area contributed by atoms with Gasteiger partial charge in [-0.05, 0) is 19.3 Å². The molecule has 1 unspecified atom stereocenters. The minimum absolute atomic E-state index is 0.0360. The Bertz CT molecular complexity index is 636. The van der Waals surface area contributed by atoms with Gasteiger partial charge in [-0.25, -0.2) is 9.78 Å². The first-order valence-electron chi connectivity index (χ1n) is 7.11. The number of rotatable bonds is 3. The average molecular weight is 286 g/mol. The molecular formula is C16H18N2O3. The molecule has 0 saturated heterocycles. The van der Waals surface area contributed by atoms with E-state index in [0.717, 1.165) is 24.8 Å². The number of aliphatic hydroxyl groups excluding tert-OH is 1. The highest BCUT2D eigenvalue weighted by atomic mass is 16.5. The summed E-state index contributed by atoms with van der Waals surface area (Å²) >= 11 is 0. The summed E-state index contributed by atoms with van der Waals surface area (Å²) in [7, 11) is 1.35. The zero-order valence-electron chi connectivity index (χ0n) is 11.9. The number of esters is 1. The van der Waals surface area contributed by atoms with Crippen molar-refractivity contribution in [1.29, 1.82) is 0 Å². The van der Waals surface area contributed by atoms with E-state index in [-0.39, 0.29) is 6.04 Å². The lowest BCUT2D eigenvalue weighted by Gasteiger charge is -2.19. The number of hydrogen-bond acceptors (Lipinski definition) is 4. The first kappa shape index (κ1) is 13.8. The SMILES string of the molecule is COC(=O)c1ncn(C2CCC[C@@H]2O)c1-c1ccccc1. The zero-order chi connectivity index (χ0) is 14.8. The molecule has 1 N–H and O–H groups in total. The molecule has 1 aromatic carbocycles. The maximum absolute atomic E-state index is 12.0. The number of imidazole rings is 1. The summed E-state index contributed by atoms with van der Waals surface area (Å²) in [5, 5.41) is 10.2. The van der Waals surface area contributed by atoms with Crippen LogP contribution in [0.25, 0.3) is 11.3 Å². The number of ether oxygens (including phenoxy) is 1. The molecule has 1 heterocycles. The lowest BCUT2D eigenvalue weighted by atomic mass is 10.1. The van der Waals surface area contributed by atoms with Crippen LogP contribution in [0.4, 0.5) is 0 Å². The number of aliphatic hydroxyl groups is 1. The molecule has 1 aromatic heterocycles. The summed E-state index contributed by atoms with van der Waals surface area (Å²) in [4.78, 5) is 16.2. The average Bonchev–Trinajstić information content (AvgIpc) is 3.13. The lowest BCUT2D eigenvalue weighted by Crippen LogP contribution is -2.19. The van der Waals surface area contributed by atoms with Crippen LogP contribution in [0.3, 0.4) is 0 Å². The van der Waals surface area contributed by atoms with Gasteiger partial charge in [0, 0.05) is 5.56 Å². The van der Waals surface area contributed by atoms with Gasteiger partial charge in [-0.1, -0.05) is 30.3 Å². The molecular weight excluding hydrogens is 268 g/mol. The highest BCUT2D eigenvalue weighted by molar-refractivity contribution is 5.94. The molecule has 0 aliphatic heterocycles. The summed E-state index contributed by atoms with van der Waals surface area (Å²) in [5.74, 6) is -0.458. The van der Waals surface area contributed by atoms with E-state index in [0.29, 0.717) is 11.4 Å². The number of methoxy groups -OCH3 is 1. The molecule has 21 heavy (non-hydrogen) atoms. The number of hydrogen-bond donors (Lipinski definition) is 1. The Labute approximate surface area is 123 Å². The molecule has 1 aliphatic rings. The van der Waals surface area contributed by atoms with Crippen LogP contribution in [0.5, 0.6) is 0 Å². The van der Waals surface area contributed by atoms with E-state index in [2.05, 4.69) is 4.98 Å². The van der Waals surface area contributed by atoms with Gasteiger partial charge >= 0.3 is 5.97 Å². The second-order valence-corrected chi connectivity index (χ2v) is 5.27. The highest BCUT2D eigenvalue weighted by Gasteiger charge is 2.31. The van der Waals surface area contributed by atoms with E-state index in [1.54, 1.807) is 6.33 Å². The van der Waals surface area contributed by atoms with Gasteiger partial charge in [0.2, 0.25) is 0 Å². The van der Waals surface area contributed by atoms with Crippen molar-refractivity contribution in [2.75, 3.05) is 7.11 Å². The molecule has 3 rings (SSSR count). The fourth-order valence-electron chi connectivity index (χ4n) is 2.99. The third kappa shape index (κ3) is 2.45. The normalized spacial score (nSPS) is 21.4. The van der Waals surface area contributed by atoms with E-state index in [1.807, 2.05) is 34.9 Å². The number of benzene rings is 1. The molecule has 2 atom stereocenters. The number of carbonyl (C=O) groups excluding carboxylic acids is 1. The number of nitrogens with zero attached hydrogens (tertiary/aromatic N) is 2. The van der Waals surface area contributed by atoms with Crippen molar-refractivity contribution in [3.8, 4) is 11.3 Å². The highest BCUT2D eigenvalue weighted by Crippen LogP contribution is 2.35. The van der Waals surface area contributed by atoms with Crippen molar-refractivity contribution in [3.63, 3.8) is 0 Å². The van der Waals surface area contributed by atoms with Gasteiger partial charge in [0.1, 0.15) is 0 Å². The summed E-state index contributed by atoms with van der Waals surface area (Å²) < 4.78 is 6.74. The Morgan fingerprint density at radius 3 is 2.71 bits per heavy atom.